The Morgan fingerprint density at radius 1 is 0.950 bits per heavy atom. The largest absolute Gasteiger partial charge is 0.507 e. The van der Waals surface area contributed by atoms with Gasteiger partial charge in [-0.15, -0.1) is 0 Å². The molecular formula is C16H19O3P. The van der Waals surface area contributed by atoms with Crippen molar-refractivity contribution in [2.24, 2.45) is 0 Å². The zero-order valence-corrected chi connectivity index (χ0v) is 12.8. The number of phenols is 1. The third-order valence-corrected chi connectivity index (χ3v) is 6.31. The van der Waals surface area contributed by atoms with E-state index in [0.717, 1.165) is 0 Å². The van der Waals surface area contributed by atoms with Crippen LogP contribution in [0.3, 0.4) is 0 Å². The summed E-state index contributed by atoms with van der Waals surface area (Å²) in [6, 6.07) is 15.7. The number of benzene rings is 2. The van der Waals surface area contributed by atoms with E-state index in [4.69, 9.17) is 4.52 Å². The van der Waals surface area contributed by atoms with Gasteiger partial charge in [0, 0.05) is 0 Å². The van der Waals surface area contributed by atoms with E-state index in [1.807, 2.05) is 39.0 Å². The van der Waals surface area contributed by atoms with Gasteiger partial charge in [-0.1, -0.05) is 30.3 Å². The first-order valence-electron chi connectivity index (χ1n) is 6.48. The van der Waals surface area contributed by atoms with Gasteiger partial charge < -0.3 is 9.63 Å². The average Bonchev–Trinajstić information content (AvgIpc) is 2.39. The number of aromatic hydroxyl groups is 1. The lowest BCUT2D eigenvalue weighted by molar-refractivity contribution is 0.452. The predicted molar refractivity (Wildman–Crippen MR) is 82.2 cm³/mol. The monoisotopic (exact) mass is 290 g/mol. The Bertz CT molecular complexity index is 630. The van der Waals surface area contributed by atoms with Crippen molar-refractivity contribution in [3.8, 4) is 11.5 Å². The summed E-state index contributed by atoms with van der Waals surface area (Å²) in [7, 11) is -3.27. The summed E-state index contributed by atoms with van der Waals surface area (Å²) in [5.74, 6) is 0.538. The zero-order chi connectivity index (χ0) is 14.8. The highest BCUT2D eigenvalue weighted by atomic mass is 31.2. The van der Waals surface area contributed by atoms with Gasteiger partial charge in [0.05, 0.1) is 10.5 Å². The lowest BCUT2D eigenvalue weighted by Crippen LogP contribution is -2.26. The molecule has 0 aliphatic heterocycles. The van der Waals surface area contributed by atoms with Crippen molar-refractivity contribution in [1.82, 2.24) is 0 Å². The molecule has 0 aliphatic rings. The number of hydrogen-bond acceptors (Lipinski definition) is 3. The molecule has 0 bridgehead atoms. The molecule has 0 saturated carbocycles. The third kappa shape index (κ3) is 2.73. The van der Waals surface area contributed by atoms with Crippen LogP contribution in [0.4, 0.5) is 0 Å². The molecule has 1 unspecified atom stereocenters. The van der Waals surface area contributed by atoms with Gasteiger partial charge >= 0.3 is 0 Å². The average molecular weight is 290 g/mol. The predicted octanol–water partition coefficient (Wildman–Crippen LogP) is 4.17. The summed E-state index contributed by atoms with van der Waals surface area (Å²) < 4.78 is 19.3. The van der Waals surface area contributed by atoms with Crippen LogP contribution in [-0.4, -0.2) is 10.3 Å². The van der Waals surface area contributed by atoms with Crippen LogP contribution in [0, 0.1) is 0 Å². The minimum Gasteiger partial charge on any atom is -0.507 e. The summed E-state index contributed by atoms with van der Waals surface area (Å²) in [5.41, 5.74) is 0. The molecule has 2 aromatic carbocycles. The minimum atomic E-state index is -3.27. The fourth-order valence-corrected chi connectivity index (χ4v) is 4.06. The van der Waals surface area contributed by atoms with E-state index >= 15 is 0 Å². The first kappa shape index (κ1) is 14.7. The van der Waals surface area contributed by atoms with Gasteiger partial charge in [-0.05, 0) is 45.0 Å². The molecule has 2 aromatic rings. The van der Waals surface area contributed by atoms with Gasteiger partial charge in [-0.25, -0.2) is 0 Å². The maximum absolute atomic E-state index is 13.4. The van der Waals surface area contributed by atoms with E-state index in [-0.39, 0.29) is 5.75 Å². The van der Waals surface area contributed by atoms with Crippen LogP contribution < -0.4 is 9.83 Å². The Morgan fingerprint density at radius 3 is 2.05 bits per heavy atom. The van der Waals surface area contributed by atoms with Gasteiger partial charge in [0.2, 0.25) is 0 Å². The lowest BCUT2D eigenvalue weighted by Gasteiger charge is -2.31. The van der Waals surface area contributed by atoms with Crippen LogP contribution in [0.2, 0.25) is 0 Å². The summed E-state index contributed by atoms with van der Waals surface area (Å²) in [6.45, 7) is 5.55. The van der Waals surface area contributed by atoms with Crippen molar-refractivity contribution in [3.63, 3.8) is 0 Å². The highest BCUT2D eigenvalue weighted by molar-refractivity contribution is 7.69. The number of phenolic OH excluding ortho intramolecular Hbond substituents is 1. The standard InChI is InChI=1S/C16H19O3P/c1-16(2,3)20(18,15-12-8-7-11-14(15)17)19-13-9-5-4-6-10-13/h4-12,17H,1-3H3. The SMILES string of the molecule is CC(C)(C)P(=O)(Oc1ccccc1)c1ccccc1O. The Morgan fingerprint density at radius 2 is 1.50 bits per heavy atom. The molecule has 3 nitrogen and oxygen atoms in total. The normalized spacial score (nSPS) is 14.6. The highest BCUT2D eigenvalue weighted by Crippen LogP contribution is 2.58. The number of para-hydroxylation sites is 2. The second-order valence-corrected chi connectivity index (χ2v) is 8.72. The highest BCUT2D eigenvalue weighted by Gasteiger charge is 2.42. The van der Waals surface area contributed by atoms with E-state index < -0.39 is 12.5 Å². The molecule has 106 valence electrons. The van der Waals surface area contributed by atoms with Crippen molar-refractivity contribution < 1.29 is 14.2 Å². The number of hydrogen-bond donors (Lipinski definition) is 1. The lowest BCUT2D eigenvalue weighted by atomic mass is 10.3. The Balaban J connectivity index is 2.53. The summed E-state index contributed by atoms with van der Waals surface area (Å²) in [6.07, 6.45) is 0. The molecule has 20 heavy (non-hydrogen) atoms. The number of rotatable bonds is 3. The molecule has 0 heterocycles. The molecule has 1 atom stereocenters. The fourth-order valence-electron chi connectivity index (χ4n) is 1.89. The first-order chi connectivity index (χ1) is 9.34. The summed E-state index contributed by atoms with van der Waals surface area (Å²) >= 11 is 0. The van der Waals surface area contributed by atoms with Gasteiger partial charge in [0.1, 0.15) is 11.5 Å². The van der Waals surface area contributed by atoms with Gasteiger partial charge in [0.15, 0.2) is 0 Å². The molecule has 0 aliphatic carbocycles. The van der Waals surface area contributed by atoms with Gasteiger partial charge in [-0.3, -0.25) is 4.57 Å². The van der Waals surface area contributed by atoms with Crippen molar-refractivity contribution in [1.29, 1.82) is 0 Å². The van der Waals surface area contributed by atoms with E-state index in [1.165, 1.54) is 6.07 Å². The quantitative estimate of drug-likeness (QED) is 0.863. The molecule has 4 heteroatoms. The molecule has 1 N–H and O–H groups in total. The van der Waals surface area contributed by atoms with Crippen molar-refractivity contribution in [2.45, 2.75) is 25.9 Å². The molecular weight excluding hydrogens is 271 g/mol. The van der Waals surface area contributed by atoms with Crippen molar-refractivity contribution >= 4 is 12.7 Å². The maximum atomic E-state index is 13.4. The van der Waals surface area contributed by atoms with Crippen LogP contribution in [0.1, 0.15) is 20.8 Å². The minimum absolute atomic E-state index is 0.00156. The van der Waals surface area contributed by atoms with E-state index in [1.54, 1.807) is 30.3 Å². The van der Waals surface area contributed by atoms with Crippen LogP contribution in [0.15, 0.2) is 54.6 Å². The third-order valence-electron chi connectivity index (χ3n) is 3.06. The fraction of sp³-hybridized carbons (Fsp3) is 0.250. The van der Waals surface area contributed by atoms with Crippen LogP contribution >= 0.6 is 7.37 Å². The zero-order valence-electron chi connectivity index (χ0n) is 11.9. The molecule has 0 saturated heterocycles. The topological polar surface area (TPSA) is 46.5 Å². The van der Waals surface area contributed by atoms with Crippen LogP contribution in [0.5, 0.6) is 11.5 Å². The molecule has 0 fully saturated rings. The van der Waals surface area contributed by atoms with Crippen molar-refractivity contribution in [2.75, 3.05) is 0 Å². The summed E-state index contributed by atoms with van der Waals surface area (Å²) in [4.78, 5) is 0. The molecule has 0 spiro atoms. The molecule has 0 radical (unpaired) electrons. The molecule has 0 aromatic heterocycles. The summed E-state index contributed by atoms with van der Waals surface area (Å²) in [5, 5.41) is 9.77. The first-order valence-corrected chi connectivity index (χ1v) is 8.10. The second-order valence-electron chi connectivity index (χ2n) is 5.62. The van der Waals surface area contributed by atoms with E-state index in [2.05, 4.69) is 0 Å². The van der Waals surface area contributed by atoms with E-state index in [9.17, 15) is 9.67 Å². The molecule has 0 amide bonds. The van der Waals surface area contributed by atoms with Crippen LogP contribution in [0.25, 0.3) is 0 Å². The second kappa shape index (κ2) is 5.34. The Labute approximate surface area is 119 Å². The Kier molecular flexibility index (Phi) is 3.92. The van der Waals surface area contributed by atoms with Gasteiger partial charge in [0.25, 0.3) is 7.37 Å². The molecule has 2 rings (SSSR count). The Hall–Kier alpha value is -1.73. The van der Waals surface area contributed by atoms with Crippen LogP contribution in [-0.2, 0) is 4.57 Å². The smallest absolute Gasteiger partial charge is 0.286 e. The van der Waals surface area contributed by atoms with Gasteiger partial charge in [-0.2, -0.15) is 0 Å². The van der Waals surface area contributed by atoms with E-state index in [0.29, 0.717) is 11.1 Å². The van der Waals surface area contributed by atoms with Crippen molar-refractivity contribution in [3.05, 3.63) is 54.6 Å². The maximum Gasteiger partial charge on any atom is 0.286 e.